The van der Waals surface area contributed by atoms with Gasteiger partial charge in [-0.05, 0) is 19.9 Å². The second kappa shape index (κ2) is 7.97. The Bertz CT molecular complexity index is 1060. The second-order valence-corrected chi connectivity index (χ2v) is 6.97. The normalized spacial score (nSPS) is 10.4. The van der Waals surface area contributed by atoms with E-state index in [9.17, 15) is 19.7 Å². The molecule has 0 saturated heterocycles. The highest BCUT2D eigenvalue weighted by atomic mass is 32.1. The number of nitrogens with one attached hydrogen (secondary N) is 2. The summed E-state index contributed by atoms with van der Waals surface area (Å²) >= 11 is 1.21. The summed E-state index contributed by atoms with van der Waals surface area (Å²) < 4.78 is 0. The first-order valence-corrected chi connectivity index (χ1v) is 9.07. The monoisotopic (exact) mass is 396 g/mol. The third-order valence-corrected chi connectivity index (χ3v) is 5.19. The van der Waals surface area contributed by atoms with Crippen molar-refractivity contribution in [2.45, 2.75) is 13.8 Å². The fourth-order valence-corrected chi connectivity index (χ4v) is 3.47. The highest BCUT2D eigenvalue weighted by Crippen LogP contribution is 2.27. The summed E-state index contributed by atoms with van der Waals surface area (Å²) in [5.74, 6) is -1.16. The van der Waals surface area contributed by atoms with E-state index in [2.05, 4.69) is 15.8 Å². The van der Waals surface area contributed by atoms with Crippen LogP contribution in [0.3, 0.4) is 0 Å². The van der Waals surface area contributed by atoms with Crippen molar-refractivity contribution in [3.05, 3.63) is 80.3 Å². The van der Waals surface area contributed by atoms with Crippen LogP contribution in [0, 0.1) is 24.0 Å². The summed E-state index contributed by atoms with van der Waals surface area (Å²) in [4.78, 5) is 39.8. The number of rotatable bonds is 4. The first-order chi connectivity index (χ1) is 13.4. The lowest BCUT2D eigenvalue weighted by molar-refractivity contribution is -0.385. The Morgan fingerprint density at radius 3 is 2.39 bits per heavy atom. The molecule has 3 aromatic rings. The number of carbonyl (C=O) groups is 2. The first-order valence-electron chi connectivity index (χ1n) is 8.25. The van der Waals surface area contributed by atoms with Gasteiger partial charge in [0.25, 0.3) is 17.5 Å². The number of aromatic nitrogens is 1. The third kappa shape index (κ3) is 4.04. The fourth-order valence-electron chi connectivity index (χ4n) is 2.50. The second-order valence-electron chi connectivity index (χ2n) is 5.97. The molecular weight excluding hydrogens is 380 g/mol. The number of nitro groups is 1. The van der Waals surface area contributed by atoms with Gasteiger partial charge in [-0.25, -0.2) is 4.98 Å². The highest BCUT2D eigenvalue weighted by Gasteiger charge is 2.18. The molecule has 8 nitrogen and oxygen atoms in total. The molecule has 2 N–H and O–H groups in total. The summed E-state index contributed by atoms with van der Waals surface area (Å²) in [6, 6.07) is 13.5. The molecule has 142 valence electrons. The van der Waals surface area contributed by atoms with Gasteiger partial charge >= 0.3 is 0 Å². The minimum atomic E-state index is -0.651. The molecule has 0 saturated carbocycles. The summed E-state index contributed by atoms with van der Waals surface area (Å²) in [7, 11) is 0. The van der Waals surface area contributed by atoms with Crippen molar-refractivity contribution >= 4 is 28.8 Å². The number of hydrogen-bond acceptors (Lipinski definition) is 6. The molecule has 2 amide bonds. The van der Waals surface area contributed by atoms with Crippen LogP contribution in [0.15, 0.2) is 48.5 Å². The molecule has 0 fully saturated rings. The van der Waals surface area contributed by atoms with Crippen LogP contribution < -0.4 is 10.9 Å². The molecule has 0 aliphatic carbocycles. The van der Waals surface area contributed by atoms with Crippen LogP contribution in [0.5, 0.6) is 0 Å². The number of amides is 2. The fraction of sp³-hybridized carbons (Fsp3) is 0.105. The van der Waals surface area contributed by atoms with E-state index in [1.165, 1.54) is 29.5 Å². The van der Waals surface area contributed by atoms with Crippen LogP contribution in [-0.4, -0.2) is 21.7 Å². The van der Waals surface area contributed by atoms with Crippen molar-refractivity contribution in [3.63, 3.8) is 0 Å². The molecular formula is C19H16N4O4S. The molecule has 0 atom stereocenters. The zero-order chi connectivity index (χ0) is 20.3. The molecule has 1 aromatic heterocycles. The van der Waals surface area contributed by atoms with Crippen LogP contribution in [0.1, 0.15) is 31.3 Å². The van der Waals surface area contributed by atoms with E-state index in [0.717, 1.165) is 5.56 Å². The average molecular weight is 396 g/mol. The Balaban J connectivity index is 1.71. The quantitative estimate of drug-likeness (QED) is 0.518. The van der Waals surface area contributed by atoms with E-state index in [1.807, 2.05) is 30.3 Å². The van der Waals surface area contributed by atoms with Crippen molar-refractivity contribution in [3.8, 4) is 10.6 Å². The lowest BCUT2D eigenvalue weighted by Gasteiger charge is -2.07. The summed E-state index contributed by atoms with van der Waals surface area (Å²) in [5, 5.41) is 11.7. The van der Waals surface area contributed by atoms with Crippen molar-refractivity contribution in [2.24, 2.45) is 0 Å². The number of hydrazine groups is 1. The average Bonchev–Trinajstić information content (AvgIpc) is 3.08. The standard InChI is InChI=1S/C19H16N4O4S/c1-11-8-9-14(10-15(11)23(26)27)17(24)21-22-18(25)16-12(2)20-19(28-16)13-6-4-3-5-7-13/h3-10H,1-2H3,(H,21,24)(H,22,25). The number of aryl methyl sites for hydroxylation is 2. The van der Waals surface area contributed by atoms with Gasteiger partial charge in [0, 0.05) is 22.8 Å². The molecule has 0 bridgehead atoms. The minimum absolute atomic E-state index is 0.0728. The Morgan fingerprint density at radius 1 is 1.04 bits per heavy atom. The summed E-state index contributed by atoms with van der Waals surface area (Å²) in [5.41, 5.74) is 6.40. The van der Waals surface area contributed by atoms with Gasteiger partial charge in [0.15, 0.2) is 0 Å². The van der Waals surface area contributed by atoms with Crippen molar-refractivity contribution in [2.75, 3.05) is 0 Å². The first kappa shape index (κ1) is 19.2. The van der Waals surface area contributed by atoms with Crippen LogP contribution in [0.4, 0.5) is 5.69 Å². The third-order valence-electron chi connectivity index (χ3n) is 3.98. The van der Waals surface area contributed by atoms with Crippen LogP contribution in [0.2, 0.25) is 0 Å². The van der Waals surface area contributed by atoms with Crippen LogP contribution in [-0.2, 0) is 0 Å². The molecule has 0 aliphatic rings. The van der Waals surface area contributed by atoms with E-state index in [4.69, 9.17) is 0 Å². The van der Waals surface area contributed by atoms with Gasteiger partial charge in [0.05, 0.1) is 10.6 Å². The zero-order valence-electron chi connectivity index (χ0n) is 15.1. The van der Waals surface area contributed by atoms with Gasteiger partial charge in [0.2, 0.25) is 0 Å². The van der Waals surface area contributed by atoms with E-state index in [-0.39, 0.29) is 11.3 Å². The number of nitro benzene ring substituents is 1. The van der Waals surface area contributed by atoms with Gasteiger partial charge in [0.1, 0.15) is 9.88 Å². The number of nitrogens with zero attached hydrogens (tertiary/aromatic N) is 2. The molecule has 1 heterocycles. The van der Waals surface area contributed by atoms with Gasteiger partial charge < -0.3 is 0 Å². The van der Waals surface area contributed by atoms with Crippen molar-refractivity contribution < 1.29 is 14.5 Å². The maximum Gasteiger partial charge on any atom is 0.281 e. The molecule has 0 spiro atoms. The Hall–Kier alpha value is -3.59. The van der Waals surface area contributed by atoms with Gasteiger partial charge in [-0.2, -0.15) is 0 Å². The summed E-state index contributed by atoms with van der Waals surface area (Å²) in [6.07, 6.45) is 0. The van der Waals surface area contributed by atoms with Crippen LogP contribution in [0.25, 0.3) is 10.6 Å². The van der Waals surface area contributed by atoms with Gasteiger partial charge in [-0.1, -0.05) is 36.4 Å². The number of thiazole rings is 1. The Morgan fingerprint density at radius 2 is 1.71 bits per heavy atom. The maximum absolute atomic E-state index is 12.4. The van der Waals surface area contributed by atoms with E-state index < -0.39 is 16.7 Å². The van der Waals surface area contributed by atoms with Crippen molar-refractivity contribution in [1.29, 1.82) is 0 Å². The topological polar surface area (TPSA) is 114 Å². The maximum atomic E-state index is 12.4. The highest BCUT2D eigenvalue weighted by molar-refractivity contribution is 7.17. The SMILES string of the molecule is Cc1ccc(C(=O)NNC(=O)c2sc(-c3ccccc3)nc2C)cc1[N+](=O)[O-]. The van der Waals surface area contributed by atoms with Crippen LogP contribution >= 0.6 is 11.3 Å². The van der Waals surface area contributed by atoms with E-state index in [1.54, 1.807) is 13.8 Å². The van der Waals surface area contributed by atoms with E-state index in [0.29, 0.717) is 21.1 Å². The number of benzene rings is 2. The van der Waals surface area contributed by atoms with Crippen molar-refractivity contribution in [1.82, 2.24) is 15.8 Å². The number of carbonyl (C=O) groups excluding carboxylic acids is 2. The van der Waals surface area contributed by atoms with Gasteiger partial charge in [-0.3, -0.25) is 30.6 Å². The molecule has 28 heavy (non-hydrogen) atoms. The lowest BCUT2D eigenvalue weighted by atomic mass is 10.1. The predicted molar refractivity (Wildman–Crippen MR) is 105 cm³/mol. The predicted octanol–water partition coefficient (Wildman–Crippen LogP) is 3.41. The van der Waals surface area contributed by atoms with Gasteiger partial charge in [-0.15, -0.1) is 11.3 Å². The lowest BCUT2D eigenvalue weighted by Crippen LogP contribution is -2.41. The number of hydrogen-bond donors (Lipinski definition) is 2. The molecule has 0 radical (unpaired) electrons. The largest absolute Gasteiger partial charge is 0.281 e. The molecule has 0 unspecified atom stereocenters. The molecule has 2 aromatic carbocycles. The minimum Gasteiger partial charge on any atom is -0.267 e. The molecule has 9 heteroatoms. The zero-order valence-corrected chi connectivity index (χ0v) is 15.9. The Labute approximate surface area is 164 Å². The molecule has 3 rings (SSSR count). The van der Waals surface area contributed by atoms with E-state index >= 15 is 0 Å². The smallest absolute Gasteiger partial charge is 0.267 e. The Kier molecular flexibility index (Phi) is 5.46. The molecule has 0 aliphatic heterocycles. The summed E-state index contributed by atoms with van der Waals surface area (Å²) in [6.45, 7) is 3.29.